The van der Waals surface area contributed by atoms with Crippen LogP contribution in [0.25, 0.3) is 0 Å². The number of nitrogens with one attached hydrogen (secondary N) is 1. The molecule has 0 heterocycles. The molecule has 0 aromatic carbocycles. The van der Waals surface area contributed by atoms with Crippen LogP contribution in [0.1, 0.15) is 20.8 Å². The van der Waals surface area contributed by atoms with E-state index >= 15 is 0 Å². The third-order valence-electron chi connectivity index (χ3n) is 0.875. The van der Waals surface area contributed by atoms with E-state index in [1.165, 1.54) is 6.08 Å². The Balaban J connectivity index is 3.83. The van der Waals surface area contributed by atoms with Gasteiger partial charge in [0.15, 0.2) is 0 Å². The Bertz CT molecular complexity index is 150. The van der Waals surface area contributed by atoms with Crippen LogP contribution in [0.5, 0.6) is 0 Å². The largest absolute Gasteiger partial charge is 0.386 e. The maximum absolute atomic E-state index is 10.3. The number of hydrogen-bond donors (Lipinski definition) is 2. The minimum atomic E-state index is -0.411. The van der Waals surface area contributed by atoms with Crippen molar-refractivity contribution in [3.05, 3.63) is 11.8 Å². The average Bonchev–Trinajstić information content (AvgIpc) is 1.58. The molecule has 0 atom stereocenters. The fraction of sp³-hybridized carbons (Fsp3) is 0.571. The topological polar surface area (TPSA) is 55.1 Å². The Morgan fingerprint density at radius 2 is 2.10 bits per heavy atom. The van der Waals surface area contributed by atoms with E-state index in [1.54, 1.807) is 0 Å². The SMILES string of the molecule is C/C(=C/C(N)=O)NC(C)C. The van der Waals surface area contributed by atoms with Gasteiger partial charge in [-0.15, -0.1) is 0 Å². The van der Waals surface area contributed by atoms with Crippen molar-refractivity contribution in [1.29, 1.82) is 0 Å². The molecule has 1 amide bonds. The summed E-state index contributed by atoms with van der Waals surface area (Å²) in [5.74, 6) is -0.411. The summed E-state index contributed by atoms with van der Waals surface area (Å²) in [6.45, 7) is 5.81. The van der Waals surface area contributed by atoms with Crippen LogP contribution in [0, 0.1) is 0 Å². The third kappa shape index (κ3) is 5.15. The summed E-state index contributed by atoms with van der Waals surface area (Å²) in [4.78, 5) is 10.3. The maximum atomic E-state index is 10.3. The van der Waals surface area contributed by atoms with E-state index in [0.717, 1.165) is 5.70 Å². The van der Waals surface area contributed by atoms with Crippen molar-refractivity contribution in [3.63, 3.8) is 0 Å². The highest BCUT2D eigenvalue weighted by Gasteiger charge is 1.93. The van der Waals surface area contributed by atoms with Gasteiger partial charge in [-0.05, 0) is 20.8 Å². The van der Waals surface area contributed by atoms with Crippen molar-refractivity contribution in [1.82, 2.24) is 5.32 Å². The second-order valence-electron chi connectivity index (χ2n) is 2.53. The molecule has 0 unspecified atom stereocenters. The van der Waals surface area contributed by atoms with E-state index in [9.17, 15) is 4.79 Å². The van der Waals surface area contributed by atoms with Crippen LogP contribution in [0.3, 0.4) is 0 Å². The Hall–Kier alpha value is -0.990. The molecule has 58 valence electrons. The van der Waals surface area contributed by atoms with Crippen LogP contribution >= 0.6 is 0 Å². The van der Waals surface area contributed by atoms with Crippen LogP contribution in [0.4, 0.5) is 0 Å². The van der Waals surface area contributed by atoms with Crippen molar-refractivity contribution in [2.75, 3.05) is 0 Å². The van der Waals surface area contributed by atoms with Gasteiger partial charge in [0.2, 0.25) is 5.91 Å². The molecule has 3 heteroatoms. The molecule has 0 saturated carbocycles. The third-order valence-corrected chi connectivity index (χ3v) is 0.875. The van der Waals surface area contributed by atoms with Crippen molar-refractivity contribution in [2.45, 2.75) is 26.8 Å². The second kappa shape index (κ2) is 3.93. The number of nitrogens with two attached hydrogens (primary N) is 1. The fourth-order valence-corrected chi connectivity index (χ4v) is 0.710. The van der Waals surface area contributed by atoms with Gasteiger partial charge in [0.25, 0.3) is 0 Å². The summed E-state index contributed by atoms with van der Waals surface area (Å²) < 4.78 is 0. The Morgan fingerprint density at radius 1 is 1.60 bits per heavy atom. The number of hydrogen-bond acceptors (Lipinski definition) is 2. The lowest BCUT2D eigenvalue weighted by molar-refractivity contribution is -0.113. The number of rotatable bonds is 3. The molecule has 3 N–H and O–H groups in total. The van der Waals surface area contributed by atoms with Crippen LogP contribution < -0.4 is 11.1 Å². The number of amides is 1. The zero-order valence-electron chi connectivity index (χ0n) is 6.64. The zero-order valence-corrected chi connectivity index (χ0v) is 6.64. The highest BCUT2D eigenvalue weighted by atomic mass is 16.1. The summed E-state index contributed by atoms with van der Waals surface area (Å²) in [6.07, 6.45) is 1.38. The molecule has 0 spiro atoms. The number of primary amides is 1. The van der Waals surface area contributed by atoms with Gasteiger partial charge < -0.3 is 11.1 Å². The molecular formula is C7H14N2O. The number of allylic oxidation sites excluding steroid dienone is 1. The Kier molecular flexibility index (Phi) is 3.54. The van der Waals surface area contributed by atoms with E-state index in [1.807, 2.05) is 20.8 Å². The van der Waals surface area contributed by atoms with Crippen LogP contribution in [-0.2, 0) is 4.79 Å². The van der Waals surface area contributed by atoms with Crippen LogP contribution in [0.15, 0.2) is 11.8 Å². The number of carbonyl (C=O) groups excluding carboxylic acids is 1. The van der Waals surface area contributed by atoms with E-state index in [-0.39, 0.29) is 0 Å². The molecule has 0 aliphatic rings. The highest BCUT2D eigenvalue weighted by Crippen LogP contribution is 1.88. The minimum absolute atomic E-state index is 0.343. The molecular weight excluding hydrogens is 128 g/mol. The van der Waals surface area contributed by atoms with Crippen molar-refractivity contribution < 1.29 is 4.79 Å². The zero-order chi connectivity index (χ0) is 8.15. The maximum Gasteiger partial charge on any atom is 0.243 e. The van der Waals surface area contributed by atoms with Gasteiger partial charge in [0.05, 0.1) is 0 Å². The molecule has 0 rings (SSSR count). The van der Waals surface area contributed by atoms with Gasteiger partial charge in [0.1, 0.15) is 0 Å². The van der Waals surface area contributed by atoms with Crippen LogP contribution in [0.2, 0.25) is 0 Å². The summed E-state index contributed by atoms with van der Waals surface area (Å²) in [7, 11) is 0. The molecule has 0 radical (unpaired) electrons. The predicted molar refractivity (Wildman–Crippen MR) is 41.2 cm³/mol. The first-order chi connectivity index (χ1) is 4.52. The van der Waals surface area contributed by atoms with Gasteiger partial charge in [-0.1, -0.05) is 0 Å². The second-order valence-corrected chi connectivity index (χ2v) is 2.53. The minimum Gasteiger partial charge on any atom is -0.386 e. The molecule has 0 aliphatic carbocycles. The van der Waals surface area contributed by atoms with Crippen molar-refractivity contribution >= 4 is 5.91 Å². The predicted octanol–water partition coefficient (Wildman–Crippen LogP) is 0.373. The fourth-order valence-electron chi connectivity index (χ4n) is 0.710. The molecule has 0 aromatic rings. The van der Waals surface area contributed by atoms with Crippen molar-refractivity contribution in [2.24, 2.45) is 5.73 Å². The van der Waals surface area contributed by atoms with Gasteiger partial charge in [-0.3, -0.25) is 4.79 Å². The first kappa shape index (κ1) is 9.01. The first-order valence-electron chi connectivity index (χ1n) is 3.26. The summed E-state index contributed by atoms with van der Waals surface area (Å²) in [5, 5.41) is 3.03. The molecule has 0 saturated heterocycles. The smallest absolute Gasteiger partial charge is 0.243 e. The molecule has 0 fully saturated rings. The molecule has 3 nitrogen and oxygen atoms in total. The van der Waals surface area contributed by atoms with E-state index in [4.69, 9.17) is 5.73 Å². The standard InChI is InChI=1S/C7H14N2O/c1-5(2)9-6(3)4-7(8)10/h4-5,9H,1-3H3,(H2,8,10)/b6-4-. The normalized spacial score (nSPS) is 11.8. The van der Waals surface area contributed by atoms with Gasteiger partial charge >= 0.3 is 0 Å². The molecule has 0 aromatic heterocycles. The Morgan fingerprint density at radius 3 is 2.40 bits per heavy atom. The lowest BCUT2D eigenvalue weighted by Crippen LogP contribution is -2.22. The lowest BCUT2D eigenvalue weighted by Gasteiger charge is -2.08. The quantitative estimate of drug-likeness (QED) is 0.559. The van der Waals surface area contributed by atoms with Gasteiger partial charge in [0, 0.05) is 17.8 Å². The molecule has 0 aliphatic heterocycles. The van der Waals surface area contributed by atoms with Crippen LogP contribution in [-0.4, -0.2) is 11.9 Å². The lowest BCUT2D eigenvalue weighted by atomic mass is 10.3. The summed E-state index contributed by atoms with van der Waals surface area (Å²) in [5.41, 5.74) is 5.72. The van der Waals surface area contributed by atoms with Gasteiger partial charge in [-0.2, -0.15) is 0 Å². The summed E-state index contributed by atoms with van der Waals surface area (Å²) >= 11 is 0. The Labute approximate surface area is 61.3 Å². The average molecular weight is 142 g/mol. The van der Waals surface area contributed by atoms with E-state index in [0.29, 0.717) is 6.04 Å². The number of carbonyl (C=O) groups is 1. The van der Waals surface area contributed by atoms with E-state index < -0.39 is 5.91 Å². The summed E-state index contributed by atoms with van der Waals surface area (Å²) in [6, 6.07) is 0.343. The molecule has 10 heavy (non-hydrogen) atoms. The monoisotopic (exact) mass is 142 g/mol. The first-order valence-corrected chi connectivity index (χ1v) is 3.26. The highest BCUT2D eigenvalue weighted by molar-refractivity contribution is 5.86. The van der Waals surface area contributed by atoms with E-state index in [2.05, 4.69) is 5.32 Å². The van der Waals surface area contributed by atoms with Crippen molar-refractivity contribution in [3.8, 4) is 0 Å². The molecule has 0 bridgehead atoms. The van der Waals surface area contributed by atoms with Gasteiger partial charge in [-0.25, -0.2) is 0 Å².